The number of benzene rings is 6. The second kappa shape index (κ2) is 12.6. The largest absolute Gasteiger partial charge is 0.334 e. The normalized spacial score (nSPS) is 19.8. The molecule has 0 bridgehead atoms. The Morgan fingerprint density at radius 3 is 1.63 bits per heavy atom. The van der Waals surface area contributed by atoms with Crippen LogP contribution in [0.1, 0.15) is 77.0 Å². The molecular formula is C49H50N2. The van der Waals surface area contributed by atoms with Crippen molar-refractivity contribution in [2.75, 3.05) is 9.80 Å². The molecule has 6 aromatic rings. The third kappa shape index (κ3) is 5.75. The summed E-state index contributed by atoms with van der Waals surface area (Å²) >= 11 is 0. The molecule has 1 aliphatic carbocycles. The molecule has 2 atom stereocenters. The average molecular weight is 667 g/mol. The first-order valence-electron chi connectivity index (χ1n) is 18.7. The number of nitrogens with zero attached hydrogens (tertiary/aromatic N) is 2. The van der Waals surface area contributed by atoms with Crippen molar-refractivity contribution in [1.82, 2.24) is 0 Å². The van der Waals surface area contributed by atoms with Crippen LogP contribution in [0.25, 0.3) is 22.3 Å². The number of hydrogen-bond acceptors (Lipinski definition) is 2. The number of anilines is 5. The van der Waals surface area contributed by atoms with Crippen LogP contribution in [-0.4, -0.2) is 5.54 Å². The van der Waals surface area contributed by atoms with Crippen LogP contribution in [-0.2, 0) is 10.8 Å². The van der Waals surface area contributed by atoms with E-state index in [1.807, 2.05) is 0 Å². The summed E-state index contributed by atoms with van der Waals surface area (Å²) in [6.07, 6.45) is 4.93. The summed E-state index contributed by atoms with van der Waals surface area (Å²) in [5.41, 5.74) is 15.4. The molecule has 2 unspecified atom stereocenters. The molecule has 0 N–H and O–H groups in total. The molecule has 0 amide bonds. The van der Waals surface area contributed by atoms with Crippen molar-refractivity contribution in [3.8, 4) is 22.3 Å². The number of rotatable bonds is 6. The van der Waals surface area contributed by atoms with E-state index in [1.165, 1.54) is 81.7 Å². The van der Waals surface area contributed by atoms with Crippen LogP contribution >= 0.6 is 0 Å². The van der Waals surface area contributed by atoms with E-state index in [4.69, 9.17) is 0 Å². The molecule has 0 saturated heterocycles. The molecule has 0 radical (unpaired) electrons. The summed E-state index contributed by atoms with van der Waals surface area (Å²) in [6, 6.07) is 54.0. The van der Waals surface area contributed by atoms with Crippen LogP contribution in [0.3, 0.4) is 0 Å². The number of fused-ring (bicyclic) bond motifs is 3. The second-order valence-electron chi connectivity index (χ2n) is 16.3. The highest BCUT2D eigenvalue weighted by atomic mass is 15.3. The highest BCUT2D eigenvalue weighted by Crippen LogP contribution is 2.61. The van der Waals surface area contributed by atoms with Gasteiger partial charge in [0.25, 0.3) is 0 Å². The zero-order valence-electron chi connectivity index (χ0n) is 31.1. The molecule has 8 rings (SSSR count). The zero-order chi connectivity index (χ0) is 35.4. The summed E-state index contributed by atoms with van der Waals surface area (Å²) in [7, 11) is 0. The third-order valence-electron chi connectivity index (χ3n) is 12.0. The Morgan fingerprint density at radius 2 is 1.08 bits per heavy atom. The molecule has 0 aromatic heterocycles. The van der Waals surface area contributed by atoms with Crippen LogP contribution in [0.15, 0.2) is 146 Å². The van der Waals surface area contributed by atoms with Gasteiger partial charge in [-0.3, -0.25) is 0 Å². The molecule has 1 aliphatic heterocycles. The summed E-state index contributed by atoms with van der Waals surface area (Å²) < 4.78 is 0. The van der Waals surface area contributed by atoms with Crippen molar-refractivity contribution in [3.63, 3.8) is 0 Å². The Balaban J connectivity index is 1.27. The van der Waals surface area contributed by atoms with Gasteiger partial charge in [-0.1, -0.05) is 138 Å². The van der Waals surface area contributed by atoms with Crippen LogP contribution in [0.5, 0.6) is 0 Å². The lowest BCUT2D eigenvalue weighted by Gasteiger charge is -2.50. The average Bonchev–Trinajstić information content (AvgIpc) is 3.35. The van der Waals surface area contributed by atoms with Crippen molar-refractivity contribution >= 4 is 28.4 Å². The second-order valence-corrected chi connectivity index (χ2v) is 16.3. The van der Waals surface area contributed by atoms with Gasteiger partial charge in [0.05, 0.1) is 5.54 Å². The van der Waals surface area contributed by atoms with Crippen LogP contribution in [0.2, 0.25) is 0 Å². The van der Waals surface area contributed by atoms with E-state index in [0.29, 0.717) is 0 Å². The first-order valence-corrected chi connectivity index (χ1v) is 18.7. The maximum absolute atomic E-state index is 2.72. The van der Waals surface area contributed by atoms with Crippen molar-refractivity contribution in [3.05, 3.63) is 162 Å². The van der Waals surface area contributed by atoms with Gasteiger partial charge in [-0.05, 0) is 120 Å². The van der Waals surface area contributed by atoms with Gasteiger partial charge in [-0.2, -0.15) is 0 Å². The molecule has 2 nitrogen and oxygen atoms in total. The lowest BCUT2D eigenvalue weighted by atomic mass is 9.61. The molecule has 256 valence electrons. The summed E-state index contributed by atoms with van der Waals surface area (Å²) in [5.74, 6) is 0. The SMILES string of the molecule is Cc1cc(N(c2ccc(-c3ccccc3)cc2)c2ccc(-c3ccccc3)cc2)cc(N2c3ccc(C(C)(C)C)cc3C3(C)CCCCC23C)c1. The Morgan fingerprint density at radius 1 is 0.549 bits per heavy atom. The fraction of sp³-hybridized carbons (Fsp3) is 0.265. The van der Waals surface area contributed by atoms with E-state index in [2.05, 4.69) is 197 Å². The molecule has 1 heterocycles. The Kier molecular flexibility index (Phi) is 8.18. The van der Waals surface area contributed by atoms with Crippen LogP contribution in [0.4, 0.5) is 28.4 Å². The van der Waals surface area contributed by atoms with Gasteiger partial charge >= 0.3 is 0 Å². The summed E-state index contributed by atoms with van der Waals surface area (Å²) in [6.45, 7) is 14.3. The van der Waals surface area contributed by atoms with Gasteiger partial charge in [0.2, 0.25) is 0 Å². The van der Waals surface area contributed by atoms with E-state index in [0.717, 1.165) is 11.4 Å². The lowest BCUT2D eigenvalue weighted by molar-refractivity contribution is 0.195. The van der Waals surface area contributed by atoms with E-state index < -0.39 is 0 Å². The molecule has 2 aliphatic rings. The van der Waals surface area contributed by atoms with E-state index >= 15 is 0 Å². The minimum atomic E-state index is -0.0192. The van der Waals surface area contributed by atoms with Gasteiger partial charge < -0.3 is 9.80 Å². The highest BCUT2D eigenvalue weighted by molar-refractivity contribution is 5.84. The Labute approximate surface area is 305 Å². The van der Waals surface area contributed by atoms with Gasteiger partial charge in [0, 0.05) is 33.9 Å². The smallest absolute Gasteiger partial charge is 0.0517 e. The predicted octanol–water partition coefficient (Wildman–Crippen LogP) is 13.8. The van der Waals surface area contributed by atoms with Crippen molar-refractivity contribution in [1.29, 1.82) is 0 Å². The van der Waals surface area contributed by atoms with Gasteiger partial charge in [0.1, 0.15) is 0 Å². The van der Waals surface area contributed by atoms with Crippen LogP contribution in [0, 0.1) is 6.92 Å². The minimum Gasteiger partial charge on any atom is -0.334 e. The maximum atomic E-state index is 2.72. The number of hydrogen-bond donors (Lipinski definition) is 0. The monoisotopic (exact) mass is 666 g/mol. The lowest BCUT2D eigenvalue weighted by Crippen LogP contribution is -2.54. The summed E-state index contributed by atoms with van der Waals surface area (Å²) in [5, 5.41) is 0. The molecular weight excluding hydrogens is 617 g/mol. The number of aryl methyl sites for hydroxylation is 1. The molecule has 51 heavy (non-hydrogen) atoms. The zero-order valence-corrected chi connectivity index (χ0v) is 31.1. The van der Waals surface area contributed by atoms with Crippen molar-refractivity contribution in [2.24, 2.45) is 0 Å². The first-order chi connectivity index (χ1) is 24.5. The Hall–Kier alpha value is -5.08. The van der Waals surface area contributed by atoms with E-state index in [9.17, 15) is 0 Å². The molecule has 2 heteroatoms. The fourth-order valence-corrected chi connectivity index (χ4v) is 8.92. The van der Waals surface area contributed by atoms with Crippen molar-refractivity contribution in [2.45, 2.75) is 83.6 Å². The van der Waals surface area contributed by atoms with Crippen molar-refractivity contribution < 1.29 is 0 Å². The quantitative estimate of drug-likeness (QED) is 0.175. The topological polar surface area (TPSA) is 6.48 Å². The fourth-order valence-electron chi connectivity index (χ4n) is 8.92. The summed E-state index contributed by atoms with van der Waals surface area (Å²) in [4.78, 5) is 5.15. The van der Waals surface area contributed by atoms with Crippen LogP contribution < -0.4 is 9.80 Å². The van der Waals surface area contributed by atoms with E-state index in [1.54, 1.807) is 0 Å². The van der Waals surface area contributed by atoms with Gasteiger partial charge in [0.15, 0.2) is 0 Å². The maximum Gasteiger partial charge on any atom is 0.0517 e. The predicted molar refractivity (Wildman–Crippen MR) is 218 cm³/mol. The minimum absolute atomic E-state index is 0.0192. The molecule has 6 aromatic carbocycles. The van der Waals surface area contributed by atoms with E-state index in [-0.39, 0.29) is 16.4 Å². The van der Waals surface area contributed by atoms with Gasteiger partial charge in [-0.15, -0.1) is 0 Å². The standard InChI is InChI=1S/C49H50N2/c1-35-31-43(34-44(32-35)51-46-28-23-40(47(2,3)4)33-45(46)48(5)29-13-14-30-49(48,51)6)50(41-24-19-38(20-25-41)36-15-9-7-10-16-36)42-26-21-39(22-27-42)37-17-11-8-12-18-37/h7-12,15-28,31-34H,13-14,29-30H2,1-6H3. The molecule has 1 saturated carbocycles. The highest BCUT2D eigenvalue weighted by Gasteiger charge is 2.57. The molecule has 1 fully saturated rings. The first kappa shape index (κ1) is 33.1. The van der Waals surface area contributed by atoms with Gasteiger partial charge in [-0.25, -0.2) is 0 Å². The molecule has 0 spiro atoms. The third-order valence-corrected chi connectivity index (χ3v) is 12.0. The Bertz CT molecular complexity index is 2080.